The van der Waals surface area contributed by atoms with Gasteiger partial charge in [-0.05, 0) is 37.1 Å². The molecule has 0 aliphatic carbocycles. The molecule has 7 nitrogen and oxygen atoms in total. The van der Waals surface area contributed by atoms with Gasteiger partial charge in [0, 0.05) is 45.7 Å². The van der Waals surface area contributed by atoms with Gasteiger partial charge in [0.05, 0.1) is 20.9 Å². The number of nitrogens with one attached hydrogen (secondary N) is 1. The van der Waals surface area contributed by atoms with Crippen LogP contribution in [0.1, 0.15) is 24.5 Å². The van der Waals surface area contributed by atoms with Crippen LogP contribution >= 0.6 is 11.3 Å². The first-order chi connectivity index (χ1) is 16.4. The first-order valence-electron chi connectivity index (χ1n) is 11.8. The Bertz CT molecular complexity index is 1230. The number of aromatic nitrogens is 1. The fourth-order valence-corrected chi connectivity index (χ4v) is 6.42. The maximum Gasteiger partial charge on any atom is 0.221 e. The molecule has 1 N–H and O–H groups in total. The minimum absolute atomic E-state index is 0.0264. The topological polar surface area (TPSA) is 82.6 Å². The first-order valence-corrected chi connectivity index (χ1v) is 14.2. The minimum Gasteiger partial charge on any atom is -0.355 e. The standard InChI is InChI=1S/C25H32N4O3S2/c1-3-20-5-4-6-22-24(20)27-25(33-22)29-16-14-28(15-17-29)13-12-26-23(30)11-18-34(31,32)21-9-7-19(2)8-10-21/h4-10H,3,11-18H2,1-2H3,(H,26,30). The Morgan fingerprint density at radius 3 is 2.53 bits per heavy atom. The number of thiazole rings is 1. The second kappa shape index (κ2) is 10.8. The predicted molar refractivity (Wildman–Crippen MR) is 139 cm³/mol. The van der Waals surface area contributed by atoms with Gasteiger partial charge >= 0.3 is 0 Å². The summed E-state index contributed by atoms with van der Waals surface area (Å²) in [5, 5.41) is 3.95. The van der Waals surface area contributed by atoms with Crippen LogP contribution in [0.25, 0.3) is 10.2 Å². The van der Waals surface area contributed by atoms with E-state index < -0.39 is 9.84 Å². The molecule has 2 aromatic carbocycles. The molecule has 1 aliphatic rings. The molecule has 1 amide bonds. The third-order valence-corrected chi connectivity index (χ3v) is 9.06. The van der Waals surface area contributed by atoms with Crippen LogP contribution in [0.3, 0.4) is 0 Å². The largest absolute Gasteiger partial charge is 0.355 e. The van der Waals surface area contributed by atoms with E-state index in [1.54, 1.807) is 35.6 Å². The number of fused-ring (bicyclic) bond motifs is 1. The molecule has 1 saturated heterocycles. The number of piperazine rings is 1. The lowest BCUT2D eigenvalue weighted by Crippen LogP contribution is -2.48. The molecule has 0 spiro atoms. The average molecular weight is 501 g/mol. The van der Waals surface area contributed by atoms with Gasteiger partial charge in [-0.2, -0.15) is 0 Å². The lowest BCUT2D eigenvalue weighted by molar-refractivity contribution is -0.120. The maximum absolute atomic E-state index is 12.4. The monoisotopic (exact) mass is 500 g/mol. The third-order valence-electron chi connectivity index (χ3n) is 6.24. The van der Waals surface area contributed by atoms with Gasteiger partial charge in [0.15, 0.2) is 15.0 Å². The Hall–Kier alpha value is -2.49. The predicted octanol–water partition coefficient (Wildman–Crippen LogP) is 3.27. The van der Waals surface area contributed by atoms with Crippen LogP contribution in [0.4, 0.5) is 5.13 Å². The normalized spacial score (nSPS) is 15.1. The minimum atomic E-state index is -3.45. The molecule has 1 aromatic heterocycles. The zero-order chi connectivity index (χ0) is 24.1. The molecule has 0 atom stereocenters. The van der Waals surface area contributed by atoms with Gasteiger partial charge in [-0.15, -0.1) is 0 Å². The summed E-state index contributed by atoms with van der Waals surface area (Å²) in [4.78, 5) is 22.0. The number of hydrogen-bond acceptors (Lipinski definition) is 7. The van der Waals surface area contributed by atoms with Crippen molar-refractivity contribution >= 4 is 42.4 Å². The summed E-state index contributed by atoms with van der Waals surface area (Å²) in [7, 11) is -3.45. The molecule has 182 valence electrons. The molecule has 1 fully saturated rings. The summed E-state index contributed by atoms with van der Waals surface area (Å²) in [6.45, 7) is 8.98. The highest BCUT2D eigenvalue weighted by molar-refractivity contribution is 7.91. The van der Waals surface area contributed by atoms with Crippen LogP contribution in [0, 0.1) is 6.92 Å². The number of aryl methyl sites for hydroxylation is 2. The zero-order valence-corrected chi connectivity index (χ0v) is 21.4. The number of nitrogens with zero attached hydrogens (tertiary/aromatic N) is 3. The summed E-state index contributed by atoms with van der Waals surface area (Å²) in [6.07, 6.45) is 0.958. The van der Waals surface area contributed by atoms with Gasteiger partial charge in [0.2, 0.25) is 5.91 Å². The van der Waals surface area contributed by atoms with Gasteiger partial charge in [0.25, 0.3) is 0 Å². The summed E-state index contributed by atoms with van der Waals surface area (Å²) in [5.41, 5.74) is 3.42. The summed E-state index contributed by atoms with van der Waals surface area (Å²) >= 11 is 1.75. The molecule has 1 aliphatic heterocycles. The van der Waals surface area contributed by atoms with Crippen molar-refractivity contribution in [3.63, 3.8) is 0 Å². The number of carbonyl (C=O) groups is 1. The maximum atomic E-state index is 12.4. The highest BCUT2D eigenvalue weighted by atomic mass is 32.2. The van der Waals surface area contributed by atoms with Gasteiger partial charge in [-0.1, -0.05) is 48.1 Å². The SMILES string of the molecule is CCc1cccc2sc(N3CCN(CCNC(=O)CCS(=O)(=O)c4ccc(C)cc4)CC3)nc12. The van der Waals surface area contributed by atoms with Crippen LogP contribution in [0.5, 0.6) is 0 Å². The highest BCUT2D eigenvalue weighted by Crippen LogP contribution is 2.31. The Morgan fingerprint density at radius 2 is 1.82 bits per heavy atom. The van der Waals surface area contributed by atoms with E-state index in [4.69, 9.17) is 4.98 Å². The number of sulfone groups is 1. The van der Waals surface area contributed by atoms with E-state index >= 15 is 0 Å². The molecule has 9 heteroatoms. The van der Waals surface area contributed by atoms with Crippen LogP contribution in [-0.4, -0.2) is 69.2 Å². The van der Waals surface area contributed by atoms with Gasteiger partial charge < -0.3 is 10.2 Å². The quantitative estimate of drug-likeness (QED) is 0.486. The number of para-hydroxylation sites is 1. The van der Waals surface area contributed by atoms with E-state index in [0.29, 0.717) is 6.54 Å². The Balaban J connectivity index is 1.19. The van der Waals surface area contributed by atoms with Crippen LogP contribution in [-0.2, 0) is 21.1 Å². The Morgan fingerprint density at radius 1 is 1.09 bits per heavy atom. The van der Waals surface area contributed by atoms with Crippen LogP contribution < -0.4 is 10.2 Å². The molecule has 0 bridgehead atoms. The molecule has 34 heavy (non-hydrogen) atoms. The van der Waals surface area contributed by atoms with Crippen molar-refractivity contribution in [3.8, 4) is 0 Å². The van der Waals surface area contributed by atoms with Crippen molar-refractivity contribution in [3.05, 3.63) is 53.6 Å². The van der Waals surface area contributed by atoms with Gasteiger partial charge in [-0.25, -0.2) is 13.4 Å². The van der Waals surface area contributed by atoms with Crippen molar-refractivity contribution < 1.29 is 13.2 Å². The van der Waals surface area contributed by atoms with E-state index in [1.165, 1.54) is 10.3 Å². The molecule has 4 rings (SSSR count). The van der Waals surface area contributed by atoms with Crippen LogP contribution in [0.2, 0.25) is 0 Å². The lowest BCUT2D eigenvalue weighted by atomic mass is 10.1. The van der Waals surface area contributed by atoms with E-state index in [9.17, 15) is 13.2 Å². The van der Waals surface area contributed by atoms with E-state index in [1.807, 2.05) is 6.92 Å². The fraction of sp³-hybridized carbons (Fsp3) is 0.440. The zero-order valence-electron chi connectivity index (χ0n) is 19.8. The Labute approximate surface area is 205 Å². The molecule has 0 saturated carbocycles. The first kappa shape index (κ1) is 24.6. The van der Waals surface area contributed by atoms with Crippen molar-refractivity contribution in [2.45, 2.75) is 31.6 Å². The van der Waals surface area contributed by atoms with Crippen molar-refractivity contribution in [2.24, 2.45) is 0 Å². The van der Waals surface area contributed by atoms with E-state index in [-0.39, 0.29) is 23.0 Å². The lowest BCUT2D eigenvalue weighted by Gasteiger charge is -2.34. The smallest absolute Gasteiger partial charge is 0.221 e. The molecule has 0 radical (unpaired) electrons. The summed E-state index contributed by atoms with van der Waals surface area (Å²) in [5.74, 6) is -0.404. The van der Waals surface area contributed by atoms with Crippen molar-refractivity contribution in [2.75, 3.05) is 49.9 Å². The number of anilines is 1. The van der Waals surface area contributed by atoms with Crippen molar-refractivity contribution in [1.82, 2.24) is 15.2 Å². The van der Waals surface area contributed by atoms with Crippen LogP contribution in [0.15, 0.2) is 47.4 Å². The molecular weight excluding hydrogens is 468 g/mol. The number of benzene rings is 2. The number of rotatable bonds is 9. The van der Waals surface area contributed by atoms with Gasteiger partial charge in [-0.3, -0.25) is 9.69 Å². The second-order valence-electron chi connectivity index (χ2n) is 8.67. The van der Waals surface area contributed by atoms with Crippen molar-refractivity contribution in [1.29, 1.82) is 0 Å². The molecule has 0 unspecified atom stereocenters. The highest BCUT2D eigenvalue weighted by Gasteiger charge is 2.21. The number of amides is 1. The Kier molecular flexibility index (Phi) is 7.85. The molecule has 3 aromatic rings. The molecular formula is C25H32N4O3S2. The number of carbonyl (C=O) groups excluding carboxylic acids is 1. The second-order valence-corrected chi connectivity index (χ2v) is 11.8. The fourth-order valence-electron chi connectivity index (χ4n) is 4.11. The van der Waals surface area contributed by atoms with E-state index in [2.05, 4.69) is 40.2 Å². The molecule has 2 heterocycles. The van der Waals surface area contributed by atoms with E-state index in [0.717, 1.165) is 55.4 Å². The average Bonchev–Trinajstić information content (AvgIpc) is 3.28. The van der Waals surface area contributed by atoms with Gasteiger partial charge in [0.1, 0.15) is 0 Å². The number of hydrogen-bond donors (Lipinski definition) is 1. The summed E-state index contributed by atoms with van der Waals surface area (Å²) < 4.78 is 26.1. The summed E-state index contributed by atoms with van der Waals surface area (Å²) in [6, 6.07) is 13.1. The third kappa shape index (κ3) is 5.95.